The number of Topliss-reactive ketones (excluding diaryl/α,β-unsaturated/α-hetero) is 1. The van der Waals surface area contributed by atoms with Crippen LogP contribution in [0.15, 0.2) is 46.1 Å². The van der Waals surface area contributed by atoms with E-state index >= 15 is 0 Å². The van der Waals surface area contributed by atoms with E-state index in [1.807, 2.05) is 0 Å². The molecule has 0 aliphatic carbocycles. The first-order valence-corrected chi connectivity index (χ1v) is 26.6. The number of carbonyl (C=O) groups is 4. The Hall–Kier alpha value is -5.40. The lowest BCUT2D eigenvalue weighted by Gasteiger charge is -2.36. The highest BCUT2D eigenvalue weighted by Crippen LogP contribution is 2.50. The molecule has 6 atom stereocenters. The number of aromatic hydroxyl groups is 2. The van der Waals surface area contributed by atoms with E-state index in [9.17, 15) is 39.6 Å². The van der Waals surface area contributed by atoms with Gasteiger partial charge in [0.05, 0.1) is 34.8 Å². The number of piperazine rings is 1. The van der Waals surface area contributed by atoms with Gasteiger partial charge in [0.25, 0.3) is 11.7 Å². The van der Waals surface area contributed by atoms with Crippen molar-refractivity contribution in [1.82, 2.24) is 19.6 Å². The third kappa shape index (κ3) is 11.8. The van der Waals surface area contributed by atoms with Gasteiger partial charge in [-0.2, -0.15) is 0 Å². The molecule has 9 rings (SSSR count). The molecular formula is C55H77N7O11. The fourth-order valence-electron chi connectivity index (χ4n) is 11.1. The number of rotatable bonds is 8. The number of esters is 1. The van der Waals surface area contributed by atoms with Crippen molar-refractivity contribution >= 4 is 40.0 Å². The molecule has 2 aromatic rings. The van der Waals surface area contributed by atoms with Crippen LogP contribution in [0.1, 0.15) is 115 Å². The molecule has 0 saturated carbocycles. The Balaban J connectivity index is 1.05. The lowest BCUT2D eigenvalue weighted by atomic mass is 9.88. The van der Waals surface area contributed by atoms with Crippen LogP contribution in [-0.4, -0.2) is 165 Å². The van der Waals surface area contributed by atoms with Crippen molar-refractivity contribution < 1.29 is 53.8 Å². The largest absolute Gasteiger partial charge is 0.507 e. The number of likely N-dealkylation sites (tertiary alicyclic amines) is 2. The molecule has 3 fully saturated rings. The second-order valence-electron chi connectivity index (χ2n) is 21.8. The van der Waals surface area contributed by atoms with Gasteiger partial charge in [0.1, 0.15) is 35.1 Å². The van der Waals surface area contributed by atoms with E-state index in [-0.39, 0.29) is 80.5 Å². The van der Waals surface area contributed by atoms with Gasteiger partial charge in [-0.1, -0.05) is 52.3 Å². The van der Waals surface area contributed by atoms with Gasteiger partial charge in [-0.25, -0.2) is 0 Å². The number of allylic oxidation sites excluding steroid dienone is 3. The molecule has 18 nitrogen and oxygen atoms in total. The standard InChI is InChI=1S/C55H77N7O11/c1-33(2)32-61-21-17-55(18-22-61)57-46-43-44-49(67)37(6)51-45(43)52(69)54(7,73-51)71-29-12-9-16-40(72-42(66)31-41(65)62-27-25-60(26-28-62)24-23-59-19-10-8-11-20-59)36(5)39(64)30-38(63)34(3)14-13-15-35(4)53(70)56-48(50(44)68)47(46)58-55/h12-15,29,33-34,36,38-40,63-64,67-68H,8-11,16-28,30-32H2,1-7H3,(H,56,70)/b14-13+,29-12+,35-15-/t34?,36-,38-,39?,40-,54+/m1/s1. The number of ether oxygens (including phenoxy) is 3. The summed E-state index contributed by atoms with van der Waals surface area (Å²) in [6, 6.07) is 0. The summed E-state index contributed by atoms with van der Waals surface area (Å²) in [5.41, 5.74) is -0.562. The number of nitrogens with one attached hydrogen (secondary N) is 1. The summed E-state index contributed by atoms with van der Waals surface area (Å²) in [6.45, 7) is 21.5. The van der Waals surface area contributed by atoms with E-state index < -0.39 is 71.4 Å². The quantitative estimate of drug-likeness (QED) is 0.138. The van der Waals surface area contributed by atoms with Crippen LogP contribution in [0.5, 0.6) is 17.2 Å². The number of hydrogen-bond donors (Lipinski definition) is 5. The predicted octanol–water partition coefficient (Wildman–Crippen LogP) is 4.63. The molecule has 0 radical (unpaired) electrons. The number of hydrogen-bond acceptors (Lipinski definition) is 16. The molecule has 5 N–H and O–H groups in total. The summed E-state index contributed by atoms with van der Waals surface area (Å²) in [6.07, 6.45) is 9.64. The number of fused-ring (bicyclic) bond motifs is 13. The number of benzene rings is 2. The summed E-state index contributed by atoms with van der Waals surface area (Å²) in [5, 5.41) is 50.2. The lowest BCUT2D eigenvalue weighted by Crippen LogP contribution is -2.51. The average molecular weight is 1010 g/mol. The highest BCUT2D eigenvalue weighted by atomic mass is 16.7. The second kappa shape index (κ2) is 22.6. The first-order valence-electron chi connectivity index (χ1n) is 26.6. The second-order valence-corrected chi connectivity index (χ2v) is 21.8. The van der Waals surface area contributed by atoms with Crippen molar-refractivity contribution in [1.29, 1.82) is 0 Å². The number of piperidine rings is 2. The van der Waals surface area contributed by atoms with Gasteiger partial charge < -0.3 is 54.7 Å². The normalized spacial score (nSPS) is 29.2. The summed E-state index contributed by atoms with van der Waals surface area (Å²) < 4.78 is 18.4. The zero-order chi connectivity index (χ0) is 52.4. The van der Waals surface area contributed by atoms with Gasteiger partial charge in [-0.3, -0.25) is 34.1 Å². The molecule has 7 heterocycles. The Morgan fingerprint density at radius 2 is 1.55 bits per heavy atom. The molecule has 7 aliphatic heterocycles. The third-order valence-corrected chi connectivity index (χ3v) is 15.8. The SMILES string of the molecule is C/C1=C/C=C/C(C)[C@H](O)CC(O)[C@@H](C)[C@H](OC(=O)CC(=O)N2CCN(CCN3CCCCC3)CC2)CC/C=C/O[C@@]2(C)Oc3c(C)c(O)c4c(O)c(c5c(c4c3C2=O)=NC2(CCN(CC(C)C)CC2)N=5)NC1=O. The van der Waals surface area contributed by atoms with E-state index in [2.05, 4.69) is 33.9 Å². The predicted molar refractivity (Wildman–Crippen MR) is 275 cm³/mol. The smallest absolute Gasteiger partial charge is 0.315 e. The molecule has 3 saturated heterocycles. The highest BCUT2D eigenvalue weighted by Gasteiger charge is 2.50. The van der Waals surface area contributed by atoms with Crippen LogP contribution in [0.4, 0.5) is 5.69 Å². The van der Waals surface area contributed by atoms with Crippen LogP contribution in [0.2, 0.25) is 0 Å². The van der Waals surface area contributed by atoms with Gasteiger partial charge in [-0.05, 0) is 64.6 Å². The summed E-state index contributed by atoms with van der Waals surface area (Å²) in [5.74, 6) is -5.63. The van der Waals surface area contributed by atoms with Crippen LogP contribution < -0.4 is 20.8 Å². The number of phenols is 2. The lowest BCUT2D eigenvalue weighted by molar-refractivity contribution is -0.158. The Kier molecular flexibility index (Phi) is 16.7. The van der Waals surface area contributed by atoms with Crippen LogP contribution in [-0.2, 0) is 23.9 Å². The van der Waals surface area contributed by atoms with Gasteiger partial charge in [0.2, 0.25) is 5.91 Å². The minimum atomic E-state index is -1.93. The fraction of sp³-hybridized carbons (Fsp3) is 0.636. The molecule has 1 spiro atoms. The topological polar surface area (TPSA) is 227 Å². The van der Waals surface area contributed by atoms with E-state index in [1.165, 1.54) is 32.4 Å². The fourth-order valence-corrected chi connectivity index (χ4v) is 11.1. The van der Waals surface area contributed by atoms with E-state index in [1.54, 1.807) is 56.9 Å². The van der Waals surface area contributed by atoms with Crippen LogP contribution in [0.25, 0.3) is 10.8 Å². The minimum absolute atomic E-state index is 0.0462. The number of phenolic OH excluding ortho intramolecular Hbond substituents is 2. The number of aliphatic hydroxyl groups excluding tert-OH is 2. The van der Waals surface area contributed by atoms with Crippen LogP contribution >= 0.6 is 0 Å². The first kappa shape index (κ1) is 53.9. The minimum Gasteiger partial charge on any atom is -0.507 e. The van der Waals surface area contributed by atoms with Gasteiger partial charge in [0.15, 0.2) is 11.4 Å². The van der Waals surface area contributed by atoms with Crippen molar-refractivity contribution in [2.75, 3.05) is 77.3 Å². The zero-order valence-electron chi connectivity index (χ0n) is 43.8. The molecule has 73 heavy (non-hydrogen) atoms. The van der Waals surface area contributed by atoms with Crippen molar-refractivity contribution in [3.05, 3.63) is 58.0 Å². The number of aliphatic hydroxyl groups is 2. The number of carbonyl (C=O) groups excluding carboxylic acids is 4. The molecule has 398 valence electrons. The number of nitrogens with zero attached hydrogens (tertiary/aromatic N) is 6. The van der Waals surface area contributed by atoms with Crippen LogP contribution in [0.3, 0.4) is 0 Å². The molecule has 2 unspecified atom stereocenters. The van der Waals surface area contributed by atoms with Crippen LogP contribution in [0, 0.1) is 24.7 Å². The maximum atomic E-state index is 14.8. The maximum Gasteiger partial charge on any atom is 0.315 e. The molecule has 18 heteroatoms. The van der Waals surface area contributed by atoms with Crippen molar-refractivity contribution in [2.45, 2.75) is 136 Å². The zero-order valence-corrected chi connectivity index (χ0v) is 43.8. The highest BCUT2D eigenvalue weighted by molar-refractivity contribution is 6.19. The Bertz CT molecular complexity index is 2650. The molecule has 2 aromatic carbocycles. The molecule has 0 aromatic heterocycles. The summed E-state index contributed by atoms with van der Waals surface area (Å²) in [4.78, 5) is 75.0. The van der Waals surface area contributed by atoms with E-state index in [0.29, 0.717) is 44.9 Å². The number of ketones is 1. The molecule has 5 bridgehead atoms. The summed E-state index contributed by atoms with van der Waals surface area (Å²) in [7, 11) is 0. The monoisotopic (exact) mass is 1010 g/mol. The van der Waals surface area contributed by atoms with Gasteiger partial charge in [0, 0.05) is 113 Å². The van der Waals surface area contributed by atoms with Crippen molar-refractivity contribution in [3.63, 3.8) is 0 Å². The first-order chi connectivity index (χ1) is 34.8. The van der Waals surface area contributed by atoms with Crippen molar-refractivity contribution in [3.8, 4) is 17.2 Å². The maximum absolute atomic E-state index is 14.8. The Labute approximate surface area is 428 Å². The third-order valence-electron chi connectivity index (χ3n) is 15.8. The van der Waals surface area contributed by atoms with Gasteiger partial charge >= 0.3 is 11.8 Å². The summed E-state index contributed by atoms with van der Waals surface area (Å²) >= 11 is 0. The Morgan fingerprint density at radius 3 is 2.23 bits per heavy atom. The average Bonchev–Trinajstić information content (AvgIpc) is 3.86. The number of amides is 2. The van der Waals surface area contributed by atoms with E-state index in [4.69, 9.17) is 24.2 Å². The number of anilines is 1. The molecular weight excluding hydrogens is 935 g/mol. The Morgan fingerprint density at radius 1 is 0.877 bits per heavy atom. The van der Waals surface area contributed by atoms with Gasteiger partial charge in [-0.15, -0.1) is 0 Å². The molecule has 7 aliphatic rings. The van der Waals surface area contributed by atoms with Crippen molar-refractivity contribution in [2.24, 2.45) is 27.7 Å². The molecule has 2 amide bonds. The van der Waals surface area contributed by atoms with E-state index in [0.717, 1.165) is 45.8 Å².